The van der Waals surface area contributed by atoms with E-state index in [9.17, 15) is 5.11 Å². The van der Waals surface area contributed by atoms with Crippen molar-refractivity contribution in [2.24, 2.45) is 0 Å². The second kappa shape index (κ2) is 3.18. The van der Waals surface area contributed by atoms with Crippen molar-refractivity contribution in [3.8, 4) is 0 Å². The Morgan fingerprint density at radius 3 is 2.11 bits per heavy atom. The van der Waals surface area contributed by atoms with E-state index in [4.69, 9.17) is 4.74 Å². The van der Waals surface area contributed by atoms with Gasteiger partial charge < -0.3 is 9.84 Å². The van der Waals surface area contributed by atoms with Gasteiger partial charge >= 0.3 is 0 Å². The van der Waals surface area contributed by atoms with Crippen LogP contribution < -0.4 is 0 Å². The molecule has 0 aromatic rings. The smallest absolute Gasteiger partial charge is 0.162 e. The van der Waals surface area contributed by atoms with E-state index in [0.29, 0.717) is 6.42 Å². The van der Waals surface area contributed by atoms with Crippen LogP contribution in [0.3, 0.4) is 0 Å². The Morgan fingerprint density at radius 2 is 2.00 bits per heavy atom. The molecular formula is C7H16O2. The Balaban J connectivity index is 3.58. The summed E-state index contributed by atoms with van der Waals surface area (Å²) in [6.45, 7) is 7.38. The van der Waals surface area contributed by atoms with Crippen molar-refractivity contribution in [1.82, 2.24) is 0 Å². The molecule has 0 saturated carbocycles. The fourth-order valence-electron chi connectivity index (χ4n) is 0.591. The monoisotopic (exact) mass is 132 g/mol. The predicted octanol–water partition coefficient (Wildman–Crippen LogP) is 1.53. The first-order valence-corrected chi connectivity index (χ1v) is 3.38. The highest BCUT2D eigenvalue weighted by Crippen LogP contribution is 2.12. The van der Waals surface area contributed by atoms with E-state index >= 15 is 0 Å². The third-order valence-electron chi connectivity index (χ3n) is 1.15. The highest BCUT2D eigenvalue weighted by molar-refractivity contribution is 4.56. The highest BCUT2D eigenvalue weighted by atomic mass is 16.6. The fraction of sp³-hybridized carbons (Fsp3) is 1.00. The molecule has 1 N–H and O–H groups in total. The van der Waals surface area contributed by atoms with Gasteiger partial charge in [0.15, 0.2) is 5.79 Å². The van der Waals surface area contributed by atoms with Gasteiger partial charge in [0.25, 0.3) is 0 Å². The summed E-state index contributed by atoms with van der Waals surface area (Å²) in [7, 11) is 0. The van der Waals surface area contributed by atoms with Crippen LogP contribution in [0.15, 0.2) is 0 Å². The van der Waals surface area contributed by atoms with Gasteiger partial charge in [-0.3, -0.25) is 0 Å². The van der Waals surface area contributed by atoms with E-state index in [2.05, 4.69) is 0 Å². The van der Waals surface area contributed by atoms with E-state index in [1.165, 1.54) is 0 Å². The van der Waals surface area contributed by atoms with Crippen LogP contribution >= 0.6 is 0 Å². The molecule has 56 valence electrons. The molecule has 0 aliphatic heterocycles. The molecule has 2 heteroatoms. The number of hydrogen-bond donors (Lipinski definition) is 1. The summed E-state index contributed by atoms with van der Waals surface area (Å²) in [5.74, 6) is -0.936. The second-order valence-electron chi connectivity index (χ2n) is 2.70. The molecule has 0 radical (unpaired) electrons. The SMILES string of the molecule is CCC(C)(O)OC(C)C. The average Bonchev–Trinajstić information content (AvgIpc) is 1.63. The zero-order valence-electron chi connectivity index (χ0n) is 6.64. The summed E-state index contributed by atoms with van der Waals surface area (Å²) < 4.78 is 5.14. The molecule has 0 amide bonds. The summed E-state index contributed by atoms with van der Waals surface area (Å²) >= 11 is 0. The summed E-state index contributed by atoms with van der Waals surface area (Å²) in [6, 6.07) is 0. The highest BCUT2D eigenvalue weighted by Gasteiger charge is 2.18. The van der Waals surface area contributed by atoms with Crippen LogP contribution in [0.1, 0.15) is 34.1 Å². The van der Waals surface area contributed by atoms with Gasteiger partial charge in [0, 0.05) is 0 Å². The number of ether oxygens (including phenoxy) is 1. The van der Waals surface area contributed by atoms with Crippen molar-refractivity contribution in [2.75, 3.05) is 0 Å². The summed E-state index contributed by atoms with van der Waals surface area (Å²) in [4.78, 5) is 0. The van der Waals surface area contributed by atoms with E-state index in [1.54, 1.807) is 6.92 Å². The molecule has 0 fully saturated rings. The summed E-state index contributed by atoms with van der Waals surface area (Å²) in [6.07, 6.45) is 0.727. The minimum Gasteiger partial charge on any atom is -0.366 e. The third kappa shape index (κ3) is 4.43. The average molecular weight is 132 g/mol. The van der Waals surface area contributed by atoms with Gasteiger partial charge in [-0.1, -0.05) is 6.92 Å². The lowest BCUT2D eigenvalue weighted by molar-refractivity contribution is -0.211. The maximum atomic E-state index is 9.27. The molecule has 2 nitrogen and oxygen atoms in total. The van der Waals surface area contributed by atoms with Gasteiger partial charge in [-0.2, -0.15) is 0 Å². The summed E-state index contributed by atoms with van der Waals surface area (Å²) in [5.41, 5.74) is 0. The first-order chi connectivity index (χ1) is 3.98. The van der Waals surface area contributed by atoms with E-state index < -0.39 is 5.79 Å². The maximum absolute atomic E-state index is 9.27. The molecule has 1 unspecified atom stereocenters. The van der Waals surface area contributed by atoms with Crippen LogP contribution in [0.25, 0.3) is 0 Å². The van der Waals surface area contributed by atoms with Crippen LogP contribution in [0, 0.1) is 0 Å². The molecule has 0 aliphatic carbocycles. The normalized spacial score (nSPS) is 18.0. The molecule has 0 spiro atoms. The van der Waals surface area contributed by atoms with Gasteiger partial charge in [-0.25, -0.2) is 0 Å². The Kier molecular flexibility index (Phi) is 3.15. The first kappa shape index (κ1) is 8.92. The number of aliphatic hydroxyl groups is 1. The van der Waals surface area contributed by atoms with Gasteiger partial charge in [-0.05, 0) is 27.2 Å². The van der Waals surface area contributed by atoms with Crippen LogP contribution in [0.4, 0.5) is 0 Å². The van der Waals surface area contributed by atoms with Crippen molar-refractivity contribution in [2.45, 2.75) is 46.0 Å². The lowest BCUT2D eigenvalue weighted by Crippen LogP contribution is -2.30. The second-order valence-corrected chi connectivity index (χ2v) is 2.70. The third-order valence-corrected chi connectivity index (χ3v) is 1.15. The lowest BCUT2D eigenvalue weighted by Gasteiger charge is -2.24. The first-order valence-electron chi connectivity index (χ1n) is 3.38. The van der Waals surface area contributed by atoms with Gasteiger partial charge in [-0.15, -0.1) is 0 Å². The molecule has 0 heterocycles. The van der Waals surface area contributed by atoms with Crippen molar-refractivity contribution < 1.29 is 9.84 Å². The maximum Gasteiger partial charge on any atom is 0.162 e. The lowest BCUT2D eigenvalue weighted by atomic mass is 10.2. The Morgan fingerprint density at radius 1 is 1.56 bits per heavy atom. The number of hydrogen-bond acceptors (Lipinski definition) is 2. The Hall–Kier alpha value is -0.0800. The quantitative estimate of drug-likeness (QED) is 0.590. The topological polar surface area (TPSA) is 29.5 Å². The largest absolute Gasteiger partial charge is 0.366 e. The van der Waals surface area contributed by atoms with Crippen LogP contribution in [0.2, 0.25) is 0 Å². The minimum atomic E-state index is -0.936. The van der Waals surface area contributed by atoms with Gasteiger partial charge in [0.2, 0.25) is 0 Å². The minimum absolute atomic E-state index is 0.0972. The molecule has 9 heavy (non-hydrogen) atoms. The summed E-state index contributed by atoms with van der Waals surface area (Å²) in [5, 5.41) is 9.27. The Bertz CT molecular complexity index is 77.0. The molecule has 1 atom stereocenters. The molecule has 0 aromatic heterocycles. The molecular weight excluding hydrogens is 116 g/mol. The molecule has 0 bridgehead atoms. The van der Waals surface area contributed by atoms with Crippen LogP contribution in [0.5, 0.6) is 0 Å². The van der Waals surface area contributed by atoms with Crippen molar-refractivity contribution in [3.05, 3.63) is 0 Å². The van der Waals surface area contributed by atoms with Crippen molar-refractivity contribution in [3.63, 3.8) is 0 Å². The van der Waals surface area contributed by atoms with Crippen molar-refractivity contribution in [1.29, 1.82) is 0 Å². The van der Waals surface area contributed by atoms with Crippen LogP contribution in [-0.4, -0.2) is 17.0 Å². The van der Waals surface area contributed by atoms with Crippen molar-refractivity contribution >= 4 is 0 Å². The van der Waals surface area contributed by atoms with E-state index in [-0.39, 0.29) is 6.10 Å². The van der Waals surface area contributed by atoms with Gasteiger partial charge in [0.1, 0.15) is 0 Å². The zero-order chi connectivity index (χ0) is 7.49. The van der Waals surface area contributed by atoms with E-state index in [1.807, 2.05) is 20.8 Å². The van der Waals surface area contributed by atoms with Crippen LogP contribution in [-0.2, 0) is 4.74 Å². The fourth-order valence-corrected chi connectivity index (χ4v) is 0.591. The zero-order valence-corrected chi connectivity index (χ0v) is 6.64. The Labute approximate surface area is 56.8 Å². The number of rotatable bonds is 3. The molecule has 0 rings (SSSR count). The van der Waals surface area contributed by atoms with E-state index in [0.717, 1.165) is 0 Å². The predicted molar refractivity (Wildman–Crippen MR) is 37.1 cm³/mol. The van der Waals surface area contributed by atoms with Gasteiger partial charge in [0.05, 0.1) is 6.10 Å². The molecule has 0 aromatic carbocycles. The standard InChI is InChI=1S/C7H16O2/c1-5-7(4,8)9-6(2)3/h6,8H,5H2,1-4H3. The molecule has 0 saturated heterocycles. The molecule has 0 aliphatic rings.